The van der Waals surface area contributed by atoms with Gasteiger partial charge in [-0.05, 0) is 13.0 Å². The highest BCUT2D eigenvalue weighted by Gasteiger charge is 2.35. The van der Waals surface area contributed by atoms with Crippen LogP contribution in [-0.2, 0) is 9.47 Å². The lowest BCUT2D eigenvalue weighted by Gasteiger charge is -2.26. The molecule has 1 aliphatic heterocycles. The second-order valence-corrected chi connectivity index (χ2v) is 5.54. The summed E-state index contributed by atoms with van der Waals surface area (Å²) >= 11 is 12.2. The molecule has 0 bridgehead atoms. The van der Waals surface area contributed by atoms with Crippen LogP contribution in [0.2, 0.25) is 10.0 Å². The van der Waals surface area contributed by atoms with Crippen LogP contribution in [0.25, 0.3) is 0 Å². The quantitative estimate of drug-likeness (QED) is 0.844. The summed E-state index contributed by atoms with van der Waals surface area (Å²) in [5, 5.41) is 7.32. The number of nitrogens with zero attached hydrogens (tertiary/aromatic N) is 1. The predicted molar refractivity (Wildman–Crippen MR) is 82.1 cm³/mol. The topological polar surface area (TPSA) is 55.4 Å². The fourth-order valence-corrected chi connectivity index (χ4v) is 2.58. The monoisotopic (exact) mass is 319 g/mol. The average molecular weight is 320 g/mol. The van der Waals surface area contributed by atoms with Gasteiger partial charge in [-0.3, -0.25) is 0 Å². The van der Waals surface area contributed by atoms with Crippen LogP contribution in [0.5, 0.6) is 0 Å². The minimum absolute atomic E-state index is 0.316. The molecular formula is C13H19Cl2N3O2. The van der Waals surface area contributed by atoms with Crippen molar-refractivity contribution in [3.8, 4) is 0 Å². The zero-order chi connectivity index (χ0) is 14.6. The van der Waals surface area contributed by atoms with Gasteiger partial charge in [0.25, 0.3) is 0 Å². The number of halogens is 2. The molecular weight excluding hydrogens is 301 g/mol. The van der Waals surface area contributed by atoms with Gasteiger partial charge in [0.05, 0.1) is 16.7 Å². The Kier molecular flexibility index (Phi) is 5.32. The Hall–Kier alpha value is -0.750. The van der Waals surface area contributed by atoms with Crippen LogP contribution in [0, 0.1) is 0 Å². The molecule has 2 N–H and O–H groups in total. The van der Waals surface area contributed by atoms with Gasteiger partial charge in [-0.1, -0.05) is 23.2 Å². The van der Waals surface area contributed by atoms with Crippen molar-refractivity contribution in [3.05, 3.63) is 16.1 Å². The SMILES string of the molecule is CCNc1nc(NCC2(OC)CCOC2)c(Cl)cc1Cl. The molecule has 0 spiro atoms. The van der Waals surface area contributed by atoms with Crippen molar-refractivity contribution in [3.63, 3.8) is 0 Å². The van der Waals surface area contributed by atoms with E-state index in [-0.39, 0.29) is 5.60 Å². The highest BCUT2D eigenvalue weighted by atomic mass is 35.5. The lowest BCUT2D eigenvalue weighted by molar-refractivity contribution is -0.00624. The molecule has 0 aliphatic carbocycles. The summed E-state index contributed by atoms with van der Waals surface area (Å²) in [5.41, 5.74) is -0.316. The second-order valence-electron chi connectivity index (χ2n) is 4.72. The van der Waals surface area contributed by atoms with Crippen molar-refractivity contribution in [2.24, 2.45) is 0 Å². The third-order valence-corrected chi connectivity index (χ3v) is 3.93. The molecule has 1 aromatic rings. The maximum Gasteiger partial charge on any atom is 0.147 e. The Morgan fingerprint density at radius 1 is 1.35 bits per heavy atom. The van der Waals surface area contributed by atoms with E-state index in [1.165, 1.54) is 0 Å². The third kappa shape index (κ3) is 3.47. The van der Waals surface area contributed by atoms with E-state index in [4.69, 9.17) is 32.7 Å². The van der Waals surface area contributed by atoms with Gasteiger partial charge < -0.3 is 20.1 Å². The normalized spacial score (nSPS) is 22.0. The Bertz CT molecular complexity index is 465. The molecule has 2 heterocycles. The first kappa shape index (κ1) is 15.6. The first-order valence-electron chi connectivity index (χ1n) is 6.57. The molecule has 20 heavy (non-hydrogen) atoms. The standard InChI is InChI=1S/C13H19Cl2N3O2/c1-3-16-11-9(14)6-10(15)12(18-11)17-7-13(19-2)4-5-20-8-13/h6H,3-5,7-8H2,1-2H3,(H2,16,17,18). The Balaban J connectivity index is 2.10. The van der Waals surface area contributed by atoms with E-state index in [9.17, 15) is 0 Å². The Morgan fingerprint density at radius 3 is 2.60 bits per heavy atom. The van der Waals surface area contributed by atoms with Gasteiger partial charge in [0.15, 0.2) is 0 Å². The number of pyridine rings is 1. The summed E-state index contributed by atoms with van der Waals surface area (Å²) in [4.78, 5) is 4.41. The van der Waals surface area contributed by atoms with Crippen molar-refractivity contribution in [2.75, 3.05) is 44.0 Å². The van der Waals surface area contributed by atoms with E-state index in [1.807, 2.05) is 6.92 Å². The highest BCUT2D eigenvalue weighted by Crippen LogP contribution is 2.30. The number of hydrogen-bond donors (Lipinski definition) is 2. The molecule has 1 fully saturated rings. The summed E-state index contributed by atoms with van der Waals surface area (Å²) in [6.45, 7) is 4.59. The molecule has 1 aromatic heterocycles. The maximum atomic E-state index is 6.17. The fraction of sp³-hybridized carbons (Fsp3) is 0.615. The third-order valence-electron chi connectivity index (χ3n) is 3.35. The molecule has 7 heteroatoms. The van der Waals surface area contributed by atoms with E-state index >= 15 is 0 Å². The molecule has 1 atom stereocenters. The number of ether oxygens (including phenoxy) is 2. The van der Waals surface area contributed by atoms with Gasteiger partial charge in [0, 0.05) is 33.2 Å². The molecule has 0 amide bonds. The molecule has 1 unspecified atom stereocenters. The summed E-state index contributed by atoms with van der Waals surface area (Å²) < 4.78 is 11.0. The van der Waals surface area contributed by atoms with Crippen LogP contribution in [0.15, 0.2) is 6.07 Å². The average Bonchev–Trinajstić information content (AvgIpc) is 2.90. The molecule has 1 aliphatic rings. The molecule has 0 aromatic carbocycles. The first-order valence-corrected chi connectivity index (χ1v) is 7.32. The van der Waals surface area contributed by atoms with E-state index in [0.717, 1.165) is 13.0 Å². The van der Waals surface area contributed by atoms with Crippen molar-refractivity contribution in [1.82, 2.24) is 4.98 Å². The van der Waals surface area contributed by atoms with Crippen molar-refractivity contribution in [2.45, 2.75) is 18.9 Å². The van der Waals surface area contributed by atoms with E-state index in [0.29, 0.717) is 41.4 Å². The minimum Gasteiger partial charge on any atom is -0.378 e. The summed E-state index contributed by atoms with van der Waals surface area (Å²) in [6.07, 6.45) is 0.849. The van der Waals surface area contributed by atoms with Crippen LogP contribution < -0.4 is 10.6 Å². The molecule has 112 valence electrons. The van der Waals surface area contributed by atoms with Gasteiger partial charge in [0.1, 0.15) is 17.2 Å². The zero-order valence-electron chi connectivity index (χ0n) is 11.6. The second kappa shape index (κ2) is 6.80. The molecule has 0 radical (unpaired) electrons. The number of hydrogen-bond acceptors (Lipinski definition) is 5. The summed E-state index contributed by atoms with van der Waals surface area (Å²) in [6, 6.07) is 1.68. The Labute approximate surface area is 128 Å². The largest absolute Gasteiger partial charge is 0.378 e. The smallest absolute Gasteiger partial charge is 0.147 e. The molecule has 1 saturated heterocycles. The zero-order valence-corrected chi connectivity index (χ0v) is 13.1. The number of nitrogens with one attached hydrogen (secondary N) is 2. The first-order chi connectivity index (χ1) is 9.60. The van der Waals surface area contributed by atoms with Crippen molar-refractivity contribution in [1.29, 1.82) is 0 Å². The van der Waals surface area contributed by atoms with E-state index in [1.54, 1.807) is 13.2 Å². The number of aromatic nitrogens is 1. The van der Waals surface area contributed by atoms with Crippen molar-refractivity contribution < 1.29 is 9.47 Å². The molecule has 0 saturated carbocycles. The fourth-order valence-electron chi connectivity index (χ4n) is 2.09. The van der Waals surface area contributed by atoms with E-state index < -0.39 is 0 Å². The van der Waals surface area contributed by atoms with Crippen LogP contribution in [0.3, 0.4) is 0 Å². The lowest BCUT2D eigenvalue weighted by atomic mass is 10.0. The maximum absolute atomic E-state index is 6.17. The summed E-state index contributed by atoms with van der Waals surface area (Å²) in [5.74, 6) is 1.21. The lowest BCUT2D eigenvalue weighted by Crippen LogP contribution is -2.39. The van der Waals surface area contributed by atoms with Crippen molar-refractivity contribution >= 4 is 34.8 Å². The van der Waals surface area contributed by atoms with Gasteiger partial charge in [-0.25, -0.2) is 4.98 Å². The molecule has 2 rings (SSSR count). The predicted octanol–water partition coefficient (Wildman–Crippen LogP) is 3.04. The van der Waals surface area contributed by atoms with Gasteiger partial charge in [-0.2, -0.15) is 0 Å². The molecule has 5 nitrogen and oxygen atoms in total. The number of rotatable bonds is 6. The number of methoxy groups -OCH3 is 1. The van der Waals surface area contributed by atoms with Gasteiger partial charge in [-0.15, -0.1) is 0 Å². The number of anilines is 2. The van der Waals surface area contributed by atoms with Crippen LogP contribution in [0.1, 0.15) is 13.3 Å². The van der Waals surface area contributed by atoms with Crippen LogP contribution in [0.4, 0.5) is 11.6 Å². The summed E-state index contributed by atoms with van der Waals surface area (Å²) in [7, 11) is 1.69. The van der Waals surface area contributed by atoms with Crippen LogP contribution >= 0.6 is 23.2 Å². The van der Waals surface area contributed by atoms with Gasteiger partial charge in [0.2, 0.25) is 0 Å². The highest BCUT2D eigenvalue weighted by molar-refractivity contribution is 6.37. The van der Waals surface area contributed by atoms with Crippen LogP contribution in [-0.4, -0.2) is 44.0 Å². The Morgan fingerprint density at radius 2 is 2.05 bits per heavy atom. The minimum atomic E-state index is -0.316. The van der Waals surface area contributed by atoms with E-state index in [2.05, 4.69) is 15.6 Å². The van der Waals surface area contributed by atoms with Gasteiger partial charge >= 0.3 is 0 Å².